The second kappa shape index (κ2) is 7.24. The van der Waals surface area contributed by atoms with Crippen LogP contribution in [-0.4, -0.2) is 42.0 Å². The van der Waals surface area contributed by atoms with Crippen molar-refractivity contribution in [3.8, 4) is 0 Å². The fourth-order valence-electron chi connectivity index (χ4n) is 2.54. The van der Waals surface area contributed by atoms with E-state index < -0.39 is 0 Å². The van der Waals surface area contributed by atoms with E-state index in [2.05, 4.69) is 28.3 Å². The van der Waals surface area contributed by atoms with Gasteiger partial charge in [-0.25, -0.2) is 0 Å². The predicted octanol–water partition coefficient (Wildman–Crippen LogP) is 1.61. The van der Waals surface area contributed by atoms with Crippen LogP contribution in [0, 0.1) is 0 Å². The zero-order valence-electron chi connectivity index (χ0n) is 11.6. The Hall–Kier alpha value is -1.42. The highest BCUT2D eigenvalue weighted by atomic mass is 16.1. The Morgan fingerprint density at radius 3 is 3.05 bits per heavy atom. The Morgan fingerprint density at radius 1 is 1.47 bits per heavy atom. The smallest absolute Gasteiger partial charge is 0.220 e. The monoisotopic (exact) mass is 261 g/mol. The fourth-order valence-corrected chi connectivity index (χ4v) is 2.54. The molecule has 0 spiro atoms. The zero-order valence-corrected chi connectivity index (χ0v) is 11.6. The number of rotatable bonds is 7. The lowest BCUT2D eigenvalue weighted by atomic mass is 10.1. The molecule has 1 aliphatic heterocycles. The molecule has 1 aliphatic rings. The number of hydrogen-bond acceptors (Lipinski definition) is 3. The van der Waals surface area contributed by atoms with Crippen LogP contribution in [0.25, 0.3) is 0 Å². The number of hydrogen-bond donors (Lipinski definition) is 1. The number of carbonyl (C=O) groups is 1. The first-order chi connectivity index (χ1) is 9.24. The van der Waals surface area contributed by atoms with Crippen LogP contribution in [0.1, 0.15) is 31.2 Å². The summed E-state index contributed by atoms with van der Waals surface area (Å²) in [5, 5.41) is 3.01. The standard InChI is InChI=1S/C15H23N3O/c1-18(12-14-7-8-15(19)17-14)10-3-2-5-13-6-4-9-16-11-13/h4,6,9,11,14H,2-3,5,7-8,10,12H2,1H3,(H,17,19)/t14-/m1/s1. The van der Waals surface area contributed by atoms with Crippen LogP contribution >= 0.6 is 0 Å². The molecule has 1 fully saturated rings. The third-order valence-corrected chi connectivity index (χ3v) is 3.60. The van der Waals surface area contributed by atoms with Crippen molar-refractivity contribution in [2.75, 3.05) is 20.1 Å². The molecule has 0 saturated carbocycles. The molecule has 2 rings (SSSR count). The minimum atomic E-state index is 0.204. The number of amides is 1. The number of likely N-dealkylation sites (N-methyl/N-ethyl adjacent to an activating group) is 1. The summed E-state index contributed by atoms with van der Waals surface area (Å²) in [4.78, 5) is 17.6. The van der Waals surface area contributed by atoms with Crippen molar-refractivity contribution in [3.63, 3.8) is 0 Å². The van der Waals surface area contributed by atoms with Crippen LogP contribution in [-0.2, 0) is 11.2 Å². The highest BCUT2D eigenvalue weighted by Crippen LogP contribution is 2.08. The van der Waals surface area contributed by atoms with E-state index in [0.29, 0.717) is 12.5 Å². The second-order valence-corrected chi connectivity index (χ2v) is 5.38. The average Bonchev–Trinajstić information content (AvgIpc) is 2.81. The molecule has 1 atom stereocenters. The largest absolute Gasteiger partial charge is 0.352 e. The third kappa shape index (κ3) is 4.99. The van der Waals surface area contributed by atoms with E-state index in [1.807, 2.05) is 18.5 Å². The van der Waals surface area contributed by atoms with Gasteiger partial charge in [0.1, 0.15) is 0 Å². The summed E-state index contributed by atoms with van der Waals surface area (Å²) in [6.45, 7) is 2.06. The van der Waals surface area contributed by atoms with Crippen LogP contribution in [0.3, 0.4) is 0 Å². The predicted molar refractivity (Wildman–Crippen MR) is 75.8 cm³/mol. The van der Waals surface area contributed by atoms with E-state index in [1.165, 1.54) is 18.4 Å². The molecule has 1 aromatic heterocycles. The molecule has 1 amide bonds. The van der Waals surface area contributed by atoms with Crippen molar-refractivity contribution in [2.24, 2.45) is 0 Å². The van der Waals surface area contributed by atoms with Gasteiger partial charge in [-0.3, -0.25) is 9.78 Å². The maximum atomic E-state index is 11.1. The van der Waals surface area contributed by atoms with Gasteiger partial charge in [-0.15, -0.1) is 0 Å². The zero-order chi connectivity index (χ0) is 13.5. The third-order valence-electron chi connectivity index (χ3n) is 3.60. The van der Waals surface area contributed by atoms with Crippen LogP contribution in [0.15, 0.2) is 24.5 Å². The number of pyridine rings is 1. The van der Waals surface area contributed by atoms with Crippen molar-refractivity contribution in [1.29, 1.82) is 0 Å². The summed E-state index contributed by atoms with van der Waals surface area (Å²) >= 11 is 0. The van der Waals surface area contributed by atoms with Gasteiger partial charge >= 0.3 is 0 Å². The maximum Gasteiger partial charge on any atom is 0.220 e. The van der Waals surface area contributed by atoms with Gasteiger partial charge in [-0.2, -0.15) is 0 Å². The first kappa shape index (κ1) is 14.0. The average molecular weight is 261 g/mol. The van der Waals surface area contributed by atoms with Gasteiger partial charge in [0.25, 0.3) is 0 Å². The molecule has 0 unspecified atom stereocenters. The van der Waals surface area contributed by atoms with E-state index >= 15 is 0 Å². The minimum absolute atomic E-state index is 0.204. The molecule has 2 heterocycles. The van der Waals surface area contributed by atoms with Crippen molar-refractivity contribution in [2.45, 2.75) is 38.1 Å². The summed E-state index contributed by atoms with van der Waals surface area (Å²) in [7, 11) is 2.13. The van der Waals surface area contributed by atoms with Crippen molar-refractivity contribution >= 4 is 5.91 Å². The highest BCUT2D eigenvalue weighted by Gasteiger charge is 2.21. The van der Waals surface area contributed by atoms with Crippen LogP contribution in [0.4, 0.5) is 0 Å². The quantitative estimate of drug-likeness (QED) is 0.759. The number of aryl methyl sites for hydroxylation is 1. The number of nitrogens with zero attached hydrogens (tertiary/aromatic N) is 2. The maximum absolute atomic E-state index is 11.1. The molecule has 19 heavy (non-hydrogen) atoms. The summed E-state index contributed by atoms with van der Waals surface area (Å²) in [5.41, 5.74) is 1.31. The van der Waals surface area contributed by atoms with Gasteiger partial charge in [0.05, 0.1) is 0 Å². The Kier molecular flexibility index (Phi) is 5.33. The molecule has 1 N–H and O–H groups in total. The number of nitrogens with one attached hydrogen (secondary N) is 1. The molecule has 4 heteroatoms. The molecule has 104 valence electrons. The Bertz CT molecular complexity index is 394. The van der Waals surface area contributed by atoms with Crippen molar-refractivity contribution in [3.05, 3.63) is 30.1 Å². The van der Waals surface area contributed by atoms with Gasteiger partial charge in [-0.05, 0) is 50.9 Å². The Morgan fingerprint density at radius 2 is 2.37 bits per heavy atom. The Labute approximate surface area is 115 Å². The Balaban J connectivity index is 1.56. The SMILES string of the molecule is CN(CCCCc1cccnc1)C[C@H]1CCC(=O)N1. The molecular formula is C15H23N3O. The van der Waals surface area contributed by atoms with E-state index in [-0.39, 0.29) is 5.91 Å². The van der Waals surface area contributed by atoms with Gasteiger partial charge in [0.15, 0.2) is 0 Å². The number of carbonyl (C=O) groups excluding carboxylic acids is 1. The van der Waals surface area contributed by atoms with E-state index in [4.69, 9.17) is 0 Å². The van der Waals surface area contributed by atoms with Crippen LogP contribution < -0.4 is 5.32 Å². The fraction of sp³-hybridized carbons (Fsp3) is 0.600. The lowest BCUT2D eigenvalue weighted by Crippen LogP contribution is -2.37. The highest BCUT2D eigenvalue weighted by molar-refractivity contribution is 5.78. The van der Waals surface area contributed by atoms with Crippen LogP contribution in [0.5, 0.6) is 0 Å². The summed E-state index contributed by atoms with van der Waals surface area (Å²) in [5.74, 6) is 0.204. The summed E-state index contributed by atoms with van der Waals surface area (Å²) < 4.78 is 0. The van der Waals surface area contributed by atoms with E-state index in [9.17, 15) is 4.79 Å². The normalized spacial score (nSPS) is 18.8. The van der Waals surface area contributed by atoms with E-state index in [1.54, 1.807) is 0 Å². The molecule has 4 nitrogen and oxygen atoms in total. The van der Waals surface area contributed by atoms with Gasteiger partial charge < -0.3 is 10.2 Å². The van der Waals surface area contributed by atoms with Gasteiger partial charge in [0.2, 0.25) is 5.91 Å². The number of aromatic nitrogens is 1. The molecular weight excluding hydrogens is 238 g/mol. The summed E-state index contributed by atoms with van der Waals surface area (Å²) in [6, 6.07) is 4.48. The molecule has 1 aromatic rings. The lowest BCUT2D eigenvalue weighted by molar-refractivity contribution is -0.119. The molecule has 0 aromatic carbocycles. The topological polar surface area (TPSA) is 45.2 Å². The van der Waals surface area contributed by atoms with Crippen LogP contribution in [0.2, 0.25) is 0 Å². The van der Waals surface area contributed by atoms with Crippen molar-refractivity contribution in [1.82, 2.24) is 15.2 Å². The molecule has 0 bridgehead atoms. The van der Waals surface area contributed by atoms with Crippen molar-refractivity contribution < 1.29 is 4.79 Å². The first-order valence-electron chi connectivity index (χ1n) is 7.11. The second-order valence-electron chi connectivity index (χ2n) is 5.38. The molecule has 1 saturated heterocycles. The van der Waals surface area contributed by atoms with Gasteiger partial charge in [-0.1, -0.05) is 6.07 Å². The summed E-state index contributed by atoms with van der Waals surface area (Å²) in [6.07, 6.45) is 8.91. The van der Waals surface area contributed by atoms with E-state index in [0.717, 1.165) is 25.9 Å². The molecule has 0 radical (unpaired) electrons. The number of unbranched alkanes of at least 4 members (excludes halogenated alkanes) is 1. The molecule has 0 aliphatic carbocycles. The lowest BCUT2D eigenvalue weighted by Gasteiger charge is -2.20. The van der Waals surface area contributed by atoms with Gasteiger partial charge in [0, 0.05) is 31.4 Å². The minimum Gasteiger partial charge on any atom is -0.352 e. The first-order valence-corrected chi connectivity index (χ1v) is 7.11.